The Hall–Kier alpha value is -10.6. The second-order valence-electron chi connectivity index (χ2n) is 25.9. The molecule has 2 aliphatic carbocycles. The lowest BCUT2D eigenvalue weighted by molar-refractivity contribution is 0.436. The molecule has 442 valence electrons. The van der Waals surface area contributed by atoms with Gasteiger partial charge in [-0.05, 0) is 175 Å². The van der Waals surface area contributed by atoms with E-state index in [9.17, 15) is 0 Å². The molecule has 0 atom stereocenters. The third kappa shape index (κ3) is 8.25. The molecule has 11 aromatic carbocycles. The molecule has 2 aromatic heterocycles. The highest BCUT2D eigenvalue weighted by Crippen LogP contribution is 2.54. The first-order valence-electron chi connectivity index (χ1n) is 33.4. The van der Waals surface area contributed by atoms with Crippen molar-refractivity contribution in [2.45, 2.75) is 76.3 Å². The van der Waals surface area contributed by atoms with Gasteiger partial charge >= 0.3 is 0 Å². The van der Waals surface area contributed by atoms with E-state index in [0.29, 0.717) is 12.1 Å². The van der Waals surface area contributed by atoms with E-state index in [1.165, 1.54) is 83.1 Å². The van der Waals surface area contributed by atoms with Crippen molar-refractivity contribution in [3.8, 4) is 0 Å². The summed E-state index contributed by atoms with van der Waals surface area (Å²) in [5, 5.41) is 2.17. The van der Waals surface area contributed by atoms with Crippen molar-refractivity contribution in [2.24, 2.45) is 0 Å². The summed E-state index contributed by atoms with van der Waals surface area (Å²) >= 11 is 0. The number of fused-ring (bicyclic) bond motifs is 12. The molecule has 13 aromatic rings. The lowest BCUT2D eigenvalue weighted by Gasteiger charge is -2.47. The Morgan fingerprint density at radius 2 is 0.609 bits per heavy atom. The molecule has 2 saturated carbocycles. The van der Waals surface area contributed by atoms with Crippen LogP contribution in [0.5, 0.6) is 0 Å². The van der Waals surface area contributed by atoms with Gasteiger partial charge in [0.1, 0.15) is 11.2 Å². The predicted octanol–water partition coefficient (Wildman–Crippen LogP) is 18.3. The van der Waals surface area contributed by atoms with E-state index < -0.39 is 0 Å². The number of furan rings is 2. The molecule has 0 unspecified atom stereocenters. The molecule has 0 spiro atoms. The van der Waals surface area contributed by atoms with Crippen LogP contribution in [0.2, 0.25) is 0 Å². The molecule has 10 heteroatoms. The molecule has 4 aliphatic heterocycles. The molecule has 6 aliphatic rings. The normalized spacial score (nSPS) is 15.6. The fourth-order valence-corrected chi connectivity index (χ4v) is 17.0. The highest BCUT2D eigenvalue weighted by molar-refractivity contribution is 7.02. The minimum Gasteiger partial charge on any atom is -0.468 e. The van der Waals surface area contributed by atoms with Gasteiger partial charge in [-0.15, -0.1) is 0 Å². The van der Waals surface area contributed by atoms with Crippen molar-refractivity contribution < 1.29 is 8.83 Å². The zero-order valence-electron chi connectivity index (χ0n) is 51.3. The Labute approximate surface area is 538 Å². The fourth-order valence-electron chi connectivity index (χ4n) is 17.0. The third-order valence-corrected chi connectivity index (χ3v) is 20.8. The van der Waals surface area contributed by atoms with Crippen LogP contribution in [0.3, 0.4) is 0 Å². The van der Waals surface area contributed by atoms with Crippen LogP contribution in [-0.4, -0.2) is 25.5 Å². The minimum atomic E-state index is -0.320. The molecule has 0 saturated heterocycles. The van der Waals surface area contributed by atoms with Gasteiger partial charge in [0, 0.05) is 102 Å². The summed E-state index contributed by atoms with van der Waals surface area (Å²) < 4.78 is 15.2. The lowest BCUT2D eigenvalue weighted by Crippen LogP contribution is -2.65. The van der Waals surface area contributed by atoms with Gasteiger partial charge < -0.3 is 38.2 Å². The van der Waals surface area contributed by atoms with Gasteiger partial charge in [-0.2, -0.15) is 0 Å². The topological polar surface area (TPSA) is 45.7 Å². The van der Waals surface area contributed by atoms with Gasteiger partial charge in [-0.1, -0.05) is 178 Å². The second-order valence-corrected chi connectivity index (χ2v) is 25.9. The number of hydrogen-bond donors (Lipinski definition) is 0. The average Bonchev–Trinajstić information content (AvgIpc) is 1.17. The summed E-state index contributed by atoms with van der Waals surface area (Å²) in [6.45, 7) is -0.640. The molecule has 0 radical (unpaired) electrons. The average molecular weight is 1190 g/mol. The summed E-state index contributed by atoms with van der Waals surface area (Å²) in [7, 11) is 0. The van der Waals surface area contributed by atoms with Crippen molar-refractivity contribution in [3.63, 3.8) is 0 Å². The highest BCUT2D eigenvalue weighted by Gasteiger charge is 2.52. The van der Waals surface area contributed by atoms with Crippen LogP contribution in [0.4, 0.5) is 91.0 Å². The van der Waals surface area contributed by atoms with Crippen molar-refractivity contribution in [3.05, 3.63) is 267 Å². The van der Waals surface area contributed by atoms with Gasteiger partial charge in [0.25, 0.3) is 13.4 Å². The Bertz CT molecular complexity index is 4650. The Morgan fingerprint density at radius 3 is 0.978 bits per heavy atom. The van der Waals surface area contributed by atoms with Crippen LogP contribution in [0.15, 0.2) is 276 Å². The standard InChI is InChI=1S/C82H66B2N6O2/c1-9-29-55(30-10-1)85(56-31-11-2-12-32-56)63-49-71-77-73(51-63)89(61-41-21-7-22-42-61)79-65-45-25-27-47-75(65)91-81(79)83(77)67-53-68-70(54-69(67)87(71)59-37-17-5-18-38-59)88(60-39-19-6-20-40-60)72-50-64(86(57-33-13-3-14-34-57)58-35-15-4-16-36-58)52-74-78(72)84(68)82-80(66-46-26-28-48-76(66)92-82)90(74)62-43-23-8-24-44-62/h1,3,5-10,13-14,17-30,33-34,37-54,56,58H,2,4,11-12,15-16,31-32,35-36H2. The van der Waals surface area contributed by atoms with Crippen molar-refractivity contribution >= 4 is 160 Å². The fraction of sp³-hybridized carbons (Fsp3) is 0.146. The maximum Gasteiger partial charge on any atom is 0.297 e. The number of anilines is 16. The van der Waals surface area contributed by atoms with Crippen LogP contribution < -0.4 is 62.6 Å². The van der Waals surface area contributed by atoms with E-state index in [0.717, 1.165) is 127 Å². The summed E-state index contributed by atoms with van der Waals surface area (Å²) in [5.41, 5.74) is 26.5. The van der Waals surface area contributed by atoms with Gasteiger partial charge in [0.05, 0.1) is 22.7 Å². The lowest BCUT2D eigenvalue weighted by atomic mass is 9.32. The smallest absolute Gasteiger partial charge is 0.297 e. The van der Waals surface area contributed by atoms with Crippen LogP contribution in [-0.2, 0) is 0 Å². The summed E-state index contributed by atoms with van der Waals surface area (Å²) in [4.78, 5) is 15.6. The molecule has 6 heterocycles. The number of hydrogen-bond acceptors (Lipinski definition) is 8. The zero-order chi connectivity index (χ0) is 60.4. The van der Waals surface area contributed by atoms with Crippen LogP contribution in [0, 0.1) is 0 Å². The molecule has 0 N–H and O–H groups in total. The number of para-hydroxylation sites is 8. The van der Waals surface area contributed by atoms with E-state index in [1.807, 2.05) is 0 Å². The van der Waals surface area contributed by atoms with E-state index in [4.69, 9.17) is 8.83 Å². The predicted molar refractivity (Wildman–Crippen MR) is 385 cm³/mol. The molecule has 8 nitrogen and oxygen atoms in total. The first kappa shape index (κ1) is 53.3. The Balaban J connectivity index is 0.947. The first-order valence-corrected chi connectivity index (χ1v) is 33.4. The zero-order valence-corrected chi connectivity index (χ0v) is 51.3. The minimum absolute atomic E-state index is 0.320. The summed E-state index contributed by atoms with van der Waals surface area (Å²) in [6.07, 6.45) is 11.9. The maximum atomic E-state index is 7.58. The van der Waals surface area contributed by atoms with Crippen LogP contribution in [0.25, 0.3) is 21.9 Å². The Kier molecular flexibility index (Phi) is 12.5. The van der Waals surface area contributed by atoms with Gasteiger partial charge in [0.2, 0.25) is 0 Å². The molecule has 0 bridgehead atoms. The number of rotatable bonds is 10. The molecule has 92 heavy (non-hydrogen) atoms. The van der Waals surface area contributed by atoms with E-state index in [2.05, 4.69) is 296 Å². The number of nitrogens with zero attached hydrogens (tertiary/aromatic N) is 6. The molecular formula is C82H66B2N6O2. The maximum absolute atomic E-state index is 7.58. The SMILES string of the molecule is c1ccc(N2c3cc4c(cc3B3c5oc6ccccc6c5N(c5ccccc5)c5cc(N(c6ccccc6)C6CCCCC6)cc2c53)B2c3oc5ccccc5c3N(c3ccccc3)c3cc(N(c5ccccc5)C5CCCCC5)cc(c32)N4c2ccccc2)cc1. The summed E-state index contributed by atoms with van der Waals surface area (Å²) in [6, 6.07) is 100. The van der Waals surface area contributed by atoms with Crippen molar-refractivity contribution in [1.82, 2.24) is 0 Å². The first-order chi connectivity index (χ1) is 45.7. The largest absolute Gasteiger partial charge is 0.468 e. The van der Waals surface area contributed by atoms with Gasteiger partial charge in [0.15, 0.2) is 0 Å². The molecular weight excluding hydrogens is 1120 g/mol. The van der Waals surface area contributed by atoms with E-state index in [-0.39, 0.29) is 13.4 Å². The van der Waals surface area contributed by atoms with Crippen molar-refractivity contribution in [1.29, 1.82) is 0 Å². The van der Waals surface area contributed by atoms with Crippen LogP contribution in [0.1, 0.15) is 64.2 Å². The van der Waals surface area contributed by atoms with Gasteiger partial charge in [-0.25, -0.2) is 0 Å². The van der Waals surface area contributed by atoms with Gasteiger partial charge in [-0.3, -0.25) is 0 Å². The number of benzene rings is 11. The molecule has 2 fully saturated rings. The van der Waals surface area contributed by atoms with Crippen molar-refractivity contribution in [2.75, 3.05) is 29.4 Å². The molecule has 0 amide bonds. The monoisotopic (exact) mass is 1190 g/mol. The highest BCUT2D eigenvalue weighted by atomic mass is 16.3. The van der Waals surface area contributed by atoms with E-state index in [1.54, 1.807) is 0 Å². The molecule has 19 rings (SSSR count). The summed E-state index contributed by atoms with van der Waals surface area (Å²) in [5.74, 6) is 0. The quantitative estimate of drug-likeness (QED) is 0.126. The Morgan fingerprint density at radius 1 is 0.293 bits per heavy atom. The third-order valence-electron chi connectivity index (χ3n) is 20.8. The van der Waals surface area contributed by atoms with Crippen LogP contribution >= 0.6 is 0 Å². The van der Waals surface area contributed by atoms with E-state index >= 15 is 0 Å². The second kappa shape index (κ2) is 21.6.